The molecule has 68 valence electrons. The fourth-order valence-electron chi connectivity index (χ4n) is 0.737. The van der Waals surface area contributed by atoms with Gasteiger partial charge in [-0.25, -0.2) is 0 Å². The second-order valence-electron chi connectivity index (χ2n) is 2.11. The molecule has 0 aromatic heterocycles. The van der Waals surface area contributed by atoms with Crippen LogP contribution < -0.4 is 5.46 Å². The third kappa shape index (κ3) is 3.73. The predicted molar refractivity (Wildman–Crippen MR) is 47.0 cm³/mol. The van der Waals surface area contributed by atoms with Crippen molar-refractivity contribution < 1.29 is 20.5 Å². The van der Waals surface area contributed by atoms with Crippen molar-refractivity contribution in [3.05, 3.63) is 29.8 Å². The zero-order valence-corrected chi connectivity index (χ0v) is 7.10. The maximum Gasteiger partial charge on any atom is -0.870 e. The Bertz CT molecular complexity index is 257. The topological polar surface area (TPSA) is 86.3 Å². The minimum atomic E-state index is -0.343. The van der Waals surface area contributed by atoms with Gasteiger partial charge >= 0.3 is 65.7 Å². The molecule has 0 aliphatic heterocycles. The average molecular weight is 180 g/mol. The van der Waals surface area contributed by atoms with E-state index in [4.69, 9.17) is 7.85 Å². The molecule has 0 heterocycles. The van der Waals surface area contributed by atoms with Crippen LogP contribution in [0.2, 0.25) is 0 Å². The molecule has 0 spiro atoms. The van der Waals surface area contributed by atoms with E-state index in [2.05, 4.69) is 4.74 Å². The number of hydrogen-bond acceptors (Lipinski definition) is 4. The smallest absolute Gasteiger partial charge is 0.870 e. The standard InChI is InChI=1S/C8H7BO2.2H2O/c1-11-8(10)6-2-4-7(9)5-3-6;;/h2-5H,1H3;2*1H2/q+2;;/p-2. The molecule has 0 fully saturated rings. The van der Waals surface area contributed by atoms with Crippen molar-refractivity contribution in [2.24, 2.45) is 0 Å². The average Bonchev–Trinajstić information content (AvgIpc) is 2.05. The molecule has 0 bridgehead atoms. The van der Waals surface area contributed by atoms with E-state index in [1.165, 1.54) is 7.11 Å². The fourth-order valence-corrected chi connectivity index (χ4v) is 0.737. The van der Waals surface area contributed by atoms with E-state index < -0.39 is 0 Å². The zero-order chi connectivity index (χ0) is 8.27. The number of methoxy groups -OCH3 is 1. The second kappa shape index (κ2) is 6.22. The Labute approximate surface area is 77.5 Å². The van der Waals surface area contributed by atoms with E-state index in [0.717, 1.165) is 0 Å². The molecule has 0 aliphatic rings. The van der Waals surface area contributed by atoms with Gasteiger partial charge in [-0.1, -0.05) is 0 Å². The Kier molecular flexibility index (Phi) is 6.80. The normalized spacial score (nSPS) is 7.92. The summed E-state index contributed by atoms with van der Waals surface area (Å²) < 4.78 is 4.50. The second-order valence-corrected chi connectivity index (χ2v) is 2.11. The van der Waals surface area contributed by atoms with E-state index >= 15 is 0 Å². The van der Waals surface area contributed by atoms with Gasteiger partial charge in [0.25, 0.3) is 0 Å². The zero-order valence-electron chi connectivity index (χ0n) is 7.10. The van der Waals surface area contributed by atoms with E-state index in [9.17, 15) is 4.79 Å². The van der Waals surface area contributed by atoms with Gasteiger partial charge in [0, 0.05) is 0 Å². The molecule has 5 heteroatoms. The van der Waals surface area contributed by atoms with Crippen LogP contribution in [0.1, 0.15) is 10.4 Å². The van der Waals surface area contributed by atoms with Gasteiger partial charge in [0.05, 0.1) is 0 Å². The van der Waals surface area contributed by atoms with E-state index in [0.29, 0.717) is 11.0 Å². The van der Waals surface area contributed by atoms with Crippen molar-refractivity contribution >= 4 is 19.3 Å². The molecule has 4 nitrogen and oxygen atoms in total. The van der Waals surface area contributed by atoms with Gasteiger partial charge in [-0.3, -0.25) is 0 Å². The first-order chi connectivity index (χ1) is 5.24. The van der Waals surface area contributed by atoms with Crippen LogP contribution in [0.5, 0.6) is 0 Å². The van der Waals surface area contributed by atoms with Gasteiger partial charge in [-0.2, -0.15) is 0 Å². The van der Waals surface area contributed by atoms with Crippen LogP contribution in [0.25, 0.3) is 0 Å². The Morgan fingerprint density at radius 1 is 1.23 bits per heavy atom. The first-order valence-electron chi connectivity index (χ1n) is 3.18. The van der Waals surface area contributed by atoms with Crippen molar-refractivity contribution in [1.29, 1.82) is 0 Å². The summed E-state index contributed by atoms with van der Waals surface area (Å²) in [5.41, 5.74) is 1.15. The molecule has 0 aliphatic carbocycles. The summed E-state index contributed by atoms with van der Waals surface area (Å²) in [7, 11) is 6.76. The first-order valence-corrected chi connectivity index (χ1v) is 3.18. The Morgan fingerprint density at radius 3 is 2.08 bits per heavy atom. The van der Waals surface area contributed by atoms with Gasteiger partial charge < -0.3 is 11.0 Å². The van der Waals surface area contributed by atoms with Crippen LogP contribution >= 0.6 is 0 Å². The maximum atomic E-state index is 10.9. The summed E-state index contributed by atoms with van der Waals surface area (Å²) in [6.45, 7) is 0. The van der Waals surface area contributed by atoms with Crippen LogP contribution in [-0.2, 0) is 4.74 Å². The van der Waals surface area contributed by atoms with Crippen LogP contribution in [0.4, 0.5) is 0 Å². The van der Waals surface area contributed by atoms with Crippen molar-refractivity contribution in [2.75, 3.05) is 7.11 Å². The number of hydrogen-bond donors (Lipinski definition) is 0. The fraction of sp³-hybridized carbons (Fsp3) is 0.125. The van der Waals surface area contributed by atoms with E-state index in [-0.39, 0.29) is 16.9 Å². The molecule has 2 N–H and O–H groups in total. The van der Waals surface area contributed by atoms with Gasteiger partial charge in [-0.05, 0) is 0 Å². The third-order valence-corrected chi connectivity index (χ3v) is 1.33. The van der Waals surface area contributed by atoms with Crippen molar-refractivity contribution in [3.8, 4) is 0 Å². The summed E-state index contributed by atoms with van der Waals surface area (Å²) in [4.78, 5) is 10.9. The Hall–Kier alpha value is -1.33. The third-order valence-electron chi connectivity index (χ3n) is 1.33. The van der Waals surface area contributed by atoms with E-state index in [1.807, 2.05) is 0 Å². The largest absolute Gasteiger partial charge is 0.870 e. The van der Waals surface area contributed by atoms with E-state index in [1.54, 1.807) is 24.3 Å². The summed E-state index contributed by atoms with van der Waals surface area (Å²) in [6, 6.07) is 6.57. The monoisotopic (exact) mass is 180 g/mol. The predicted octanol–water partition coefficient (Wildman–Crippen LogP) is -0.0866. The molecule has 0 amide bonds. The minimum Gasteiger partial charge on any atom is -0.870 e. The summed E-state index contributed by atoms with van der Waals surface area (Å²) in [6.07, 6.45) is 0. The Balaban J connectivity index is 0. The quantitative estimate of drug-likeness (QED) is 0.446. The van der Waals surface area contributed by atoms with Crippen molar-refractivity contribution in [3.63, 3.8) is 0 Å². The number of esters is 1. The van der Waals surface area contributed by atoms with Gasteiger partial charge in [0.2, 0.25) is 0 Å². The number of carbonyl (C=O) groups excluding carboxylic acids is 1. The van der Waals surface area contributed by atoms with Gasteiger partial charge in [-0.15, -0.1) is 0 Å². The molecule has 1 aromatic rings. The van der Waals surface area contributed by atoms with Crippen LogP contribution in [0.15, 0.2) is 24.3 Å². The number of carbonyl (C=O) groups is 1. The van der Waals surface area contributed by atoms with Crippen LogP contribution in [-0.4, -0.2) is 31.9 Å². The molecule has 0 atom stereocenters. The SMILES string of the molecule is [B+2]c1ccc(C(=O)OC)cc1.[OH-].[OH-]. The van der Waals surface area contributed by atoms with Crippen LogP contribution in [0, 0.1) is 0 Å². The van der Waals surface area contributed by atoms with Crippen molar-refractivity contribution in [1.82, 2.24) is 0 Å². The number of benzene rings is 1. The maximum absolute atomic E-state index is 10.9. The molecule has 1 aromatic carbocycles. The molecular formula is C8H9BO4. The minimum absolute atomic E-state index is 0. The van der Waals surface area contributed by atoms with Gasteiger partial charge in [0.1, 0.15) is 0 Å². The molecular weight excluding hydrogens is 171 g/mol. The van der Waals surface area contributed by atoms with Crippen LogP contribution in [0.3, 0.4) is 0 Å². The first kappa shape index (κ1) is 14.2. The summed E-state index contributed by atoms with van der Waals surface area (Å²) in [5.74, 6) is -0.343. The summed E-state index contributed by atoms with van der Waals surface area (Å²) in [5, 5.41) is 0. The van der Waals surface area contributed by atoms with Crippen molar-refractivity contribution in [2.45, 2.75) is 0 Å². The number of rotatable bonds is 1. The molecule has 13 heavy (non-hydrogen) atoms. The number of ether oxygens (including phenoxy) is 1. The molecule has 0 radical (unpaired) electrons. The molecule has 1 rings (SSSR count). The Morgan fingerprint density at radius 2 is 1.69 bits per heavy atom. The summed E-state index contributed by atoms with van der Waals surface area (Å²) >= 11 is 0. The molecule has 0 saturated heterocycles. The molecule has 0 saturated carbocycles. The van der Waals surface area contributed by atoms with Gasteiger partial charge in [0.15, 0.2) is 0 Å². The molecule has 0 unspecified atom stereocenters.